The third-order valence-electron chi connectivity index (χ3n) is 2.94. The standard InChI is InChI=1S/C14H14N4O2S/c1-19-9-2-4-10(5-3-9)20-8-12-16-13(18-15)11-6-7-21-14(11)17-12/h2-7H,8,15H2,1H3,(H,16,17,18). The zero-order valence-electron chi connectivity index (χ0n) is 11.4. The largest absolute Gasteiger partial charge is 0.497 e. The third kappa shape index (κ3) is 2.88. The predicted octanol–water partition coefficient (Wildman–Crippen LogP) is 2.56. The second-order valence-corrected chi connectivity index (χ2v) is 5.13. The number of nitrogen functional groups attached to an aromatic ring is 1. The van der Waals surface area contributed by atoms with Gasteiger partial charge in [-0.25, -0.2) is 15.8 Å². The SMILES string of the molecule is COc1ccc(OCc2nc(NN)c3ccsc3n2)cc1. The molecule has 0 saturated carbocycles. The van der Waals surface area contributed by atoms with E-state index in [1.54, 1.807) is 7.11 Å². The van der Waals surface area contributed by atoms with Gasteiger partial charge in [0.1, 0.15) is 22.9 Å². The molecule has 21 heavy (non-hydrogen) atoms. The number of hydrogen-bond donors (Lipinski definition) is 2. The van der Waals surface area contributed by atoms with Gasteiger partial charge in [0.05, 0.1) is 12.5 Å². The molecule has 3 rings (SSSR count). The van der Waals surface area contributed by atoms with Crippen LogP contribution in [0.25, 0.3) is 10.2 Å². The number of nitrogens with zero attached hydrogens (tertiary/aromatic N) is 2. The lowest BCUT2D eigenvalue weighted by Gasteiger charge is -2.08. The van der Waals surface area contributed by atoms with Crippen LogP contribution in [-0.4, -0.2) is 17.1 Å². The van der Waals surface area contributed by atoms with E-state index in [2.05, 4.69) is 15.4 Å². The lowest BCUT2D eigenvalue weighted by atomic mass is 10.3. The van der Waals surface area contributed by atoms with Gasteiger partial charge in [0.15, 0.2) is 11.6 Å². The third-order valence-corrected chi connectivity index (χ3v) is 3.74. The number of ether oxygens (including phenoxy) is 2. The van der Waals surface area contributed by atoms with E-state index in [9.17, 15) is 0 Å². The van der Waals surface area contributed by atoms with Crippen molar-refractivity contribution in [1.82, 2.24) is 9.97 Å². The summed E-state index contributed by atoms with van der Waals surface area (Å²) in [6.07, 6.45) is 0. The zero-order valence-corrected chi connectivity index (χ0v) is 12.2. The van der Waals surface area contributed by atoms with Crippen molar-refractivity contribution in [3.8, 4) is 11.5 Å². The number of hydrogen-bond acceptors (Lipinski definition) is 7. The Kier molecular flexibility index (Phi) is 3.85. The van der Waals surface area contributed by atoms with Crippen molar-refractivity contribution in [2.75, 3.05) is 12.5 Å². The number of hydrazine groups is 1. The minimum Gasteiger partial charge on any atom is -0.497 e. The van der Waals surface area contributed by atoms with Gasteiger partial charge in [-0.2, -0.15) is 0 Å². The number of thiophene rings is 1. The Balaban J connectivity index is 1.77. The molecule has 0 aliphatic carbocycles. The number of methoxy groups -OCH3 is 1. The van der Waals surface area contributed by atoms with Gasteiger partial charge >= 0.3 is 0 Å². The molecule has 0 aliphatic heterocycles. The van der Waals surface area contributed by atoms with Gasteiger partial charge in [0.25, 0.3) is 0 Å². The molecule has 0 amide bonds. The molecule has 1 aromatic carbocycles. The maximum absolute atomic E-state index is 5.67. The summed E-state index contributed by atoms with van der Waals surface area (Å²) in [7, 11) is 1.63. The first kappa shape index (κ1) is 13.6. The first-order valence-electron chi connectivity index (χ1n) is 6.28. The molecule has 0 bridgehead atoms. The highest BCUT2D eigenvalue weighted by atomic mass is 32.1. The van der Waals surface area contributed by atoms with Crippen molar-refractivity contribution in [3.05, 3.63) is 41.5 Å². The maximum atomic E-state index is 5.67. The molecule has 0 spiro atoms. The maximum Gasteiger partial charge on any atom is 0.169 e. The van der Waals surface area contributed by atoms with Crippen LogP contribution in [0.15, 0.2) is 35.7 Å². The Morgan fingerprint density at radius 1 is 1.14 bits per heavy atom. The number of anilines is 1. The van der Waals surface area contributed by atoms with Gasteiger partial charge < -0.3 is 14.9 Å². The molecular formula is C14H14N4O2S. The van der Waals surface area contributed by atoms with Crippen LogP contribution < -0.4 is 20.7 Å². The summed E-state index contributed by atoms with van der Waals surface area (Å²) in [6, 6.07) is 9.29. The Bertz CT molecular complexity index is 742. The van der Waals surface area contributed by atoms with Crippen LogP contribution in [0.2, 0.25) is 0 Å². The molecule has 108 valence electrons. The van der Waals surface area contributed by atoms with E-state index in [-0.39, 0.29) is 6.61 Å². The number of fused-ring (bicyclic) bond motifs is 1. The van der Waals surface area contributed by atoms with Crippen molar-refractivity contribution < 1.29 is 9.47 Å². The monoisotopic (exact) mass is 302 g/mol. The van der Waals surface area contributed by atoms with E-state index in [0.717, 1.165) is 21.7 Å². The summed E-state index contributed by atoms with van der Waals surface area (Å²) >= 11 is 1.54. The van der Waals surface area contributed by atoms with E-state index in [0.29, 0.717) is 11.6 Å². The van der Waals surface area contributed by atoms with Gasteiger partial charge in [-0.1, -0.05) is 0 Å². The number of benzene rings is 1. The highest BCUT2D eigenvalue weighted by molar-refractivity contribution is 7.16. The Hall–Kier alpha value is -2.38. The smallest absolute Gasteiger partial charge is 0.169 e. The average molecular weight is 302 g/mol. The lowest BCUT2D eigenvalue weighted by Crippen LogP contribution is -2.11. The quantitative estimate of drug-likeness (QED) is 0.557. The summed E-state index contributed by atoms with van der Waals surface area (Å²) in [5.74, 6) is 8.19. The van der Waals surface area contributed by atoms with Gasteiger partial charge in [0.2, 0.25) is 0 Å². The normalized spacial score (nSPS) is 10.6. The molecule has 2 heterocycles. The lowest BCUT2D eigenvalue weighted by molar-refractivity contribution is 0.296. The first-order chi connectivity index (χ1) is 10.3. The molecule has 3 N–H and O–H groups in total. The van der Waals surface area contributed by atoms with Crippen LogP contribution in [0.1, 0.15) is 5.82 Å². The van der Waals surface area contributed by atoms with Crippen LogP contribution >= 0.6 is 11.3 Å². The Labute approximate surface area is 125 Å². The van der Waals surface area contributed by atoms with E-state index in [4.69, 9.17) is 15.3 Å². The fourth-order valence-electron chi connectivity index (χ4n) is 1.89. The number of nitrogens with one attached hydrogen (secondary N) is 1. The average Bonchev–Trinajstić information content (AvgIpc) is 3.01. The highest BCUT2D eigenvalue weighted by Gasteiger charge is 2.08. The van der Waals surface area contributed by atoms with E-state index in [1.807, 2.05) is 35.7 Å². The Morgan fingerprint density at radius 2 is 1.90 bits per heavy atom. The van der Waals surface area contributed by atoms with E-state index < -0.39 is 0 Å². The minimum absolute atomic E-state index is 0.273. The fourth-order valence-corrected chi connectivity index (χ4v) is 2.68. The van der Waals surface area contributed by atoms with Crippen LogP contribution in [0, 0.1) is 0 Å². The molecule has 0 fully saturated rings. The van der Waals surface area contributed by atoms with Gasteiger partial charge in [0, 0.05) is 0 Å². The molecule has 2 aromatic heterocycles. The molecule has 0 unspecified atom stereocenters. The molecule has 6 nitrogen and oxygen atoms in total. The second kappa shape index (κ2) is 5.94. The number of rotatable bonds is 5. The molecule has 3 aromatic rings. The summed E-state index contributed by atoms with van der Waals surface area (Å²) in [5.41, 5.74) is 2.59. The number of aromatic nitrogens is 2. The molecular weight excluding hydrogens is 288 g/mol. The van der Waals surface area contributed by atoms with Gasteiger partial charge in [-0.05, 0) is 35.7 Å². The molecule has 7 heteroatoms. The zero-order chi connectivity index (χ0) is 14.7. The van der Waals surface area contributed by atoms with E-state index >= 15 is 0 Å². The first-order valence-corrected chi connectivity index (χ1v) is 7.15. The van der Waals surface area contributed by atoms with Crippen molar-refractivity contribution in [2.45, 2.75) is 6.61 Å². The fraction of sp³-hybridized carbons (Fsp3) is 0.143. The van der Waals surface area contributed by atoms with Crippen molar-refractivity contribution >= 4 is 27.4 Å². The van der Waals surface area contributed by atoms with Crippen LogP contribution in [0.3, 0.4) is 0 Å². The second-order valence-electron chi connectivity index (χ2n) is 4.24. The summed E-state index contributed by atoms with van der Waals surface area (Å²) < 4.78 is 10.8. The minimum atomic E-state index is 0.273. The van der Waals surface area contributed by atoms with Gasteiger partial charge in [-0.3, -0.25) is 0 Å². The molecule has 0 aliphatic rings. The predicted molar refractivity (Wildman–Crippen MR) is 82.6 cm³/mol. The summed E-state index contributed by atoms with van der Waals surface area (Å²) in [6.45, 7) is 0.273. The van der Waals surface area contributed by atoms with Crippen LogP contribution in [-0.2, 0) is 6.61 Å². The number of nitrogens with two attached hydrogens (primary N) is 1. The highest BCUT2D eigenvalue weighted by Crippen LogP contribution is 2.25. The van der Waals surface area contributed by atoms with Crippen molar-refractivity contribution in [3.63, 3.8) is 0 Å². The molecule has 0 radical (unpaired) electrons. The van der Waals surface area contributed by atoms with Crippen LogP contribution in [0.4, 0.5) is 5.82 Å². The summed E-state index contributed by atoms with van der Waals surface area (Å²) in [5, 5.41) is 2.87. The molecule has 0 atom stereocenters. The van der Waals surface area contributed by atoms with Gasteiger partial charge in [-0.15, -0.1) is 11.3 Å². The topological polar surface area (TPSA) is 82.3 Å². The summed E-state index contributed by atoms with van der Waals surface area (Å²) in [4.78, 5) is 9.69. The molecule has 0 saturated heterocycles. The van der Waals surface area contributed by atoms with E-state index in [1.165, 1.54) is 11.3 Å². The van der Waals surface area contributed by atoms with Crippen molar-refractivity contribution in [2.24, 2.45) is 5.84 Å². The Morgan fingerprint density at radius 3 is 2.62 bits per heavy atom. The van der Waals surface area contributed by atoms with Crippen LogP contribution in [0.5, 0.6) is 11.5 Å². The van der Waals surface area contributed by atoms with Crippen molar-refractivity contribution in [1.29, 1.82) is 0 Å².